The third-order valence-electron chi connectivity index (χ3n) is 2.59. The highest BCUT2D eigenvalue weighted by Crippen LogP contribution is 2.33. The van der Waals surface area contributed by atoms with Gasteiger partial charge in [-0.25, -0.2) is 4.79 Å². The number of benzene rings is 1. The third-order valence-corrected chi connectivity index (χ3v) is 2.59. The summed E-state index contributed by atoms with van der Waals surface area (Å²) in [5.74, 6) is -0.279. The Kier molecular flexibility index (Phi) is 1.54. The van der Waals surface area contributed by atoms with Gasteiger partial charge in [0, 0.05) is 17.4 Å². The van der Waals surface area contributed by atoms with Gasteiger partial charge in [-0.05, 0) is 18.2 Å². The Morgan fingerprint density at radius 3 is 3.13 bits per heavy atom. The van der Waals surface area contributed by atoms with Crippen LogP contribution in [0, 0.1) is 0 Å². The van der Waals surface area contributed by atoms with E-state index in [4.69, 9.17) is 14.3 Å². The van der Waals surface area contributed by atoms with Gasteiger partial charge in [-0.2, -0.15) is 0 Å². The maximum atomic E-state index is 10.8. The second kappa shape index (κ2) is 2.76. The number of rotatable bonds is 1. The molecule has 0 saturated heterocycles. The molecule has 4 nitrogen and oxygen atoms in total. The zero-order chi connectivity index (χ0) is 10.4. The molecule has 2 heterocycles. The quantitative estimate of drug-likeness (QED) is 0.769. The summed E-state index contributed by atoms with van der Waals surface area (Å²) in [5.41, 5.74) is 1.66. The van der Waals surface area contributed by atoms with E-state index in [9.17, 15) is 4.79 Å². The van der Waals surface area contributed by atoms with Crippen LogP contribution in [-0.2, 0) is 11.2 Å². The molecule has 1 unspecified atom stereocenters. The summed E-state index contributed by atoms with van der Waals surface area (Å²) in [5, 5.41) is 9.76. The normalized spacial score (nSPS) is 18.8. The first-order chi connectivity index (χ1) is 7.24. The van der Waals surface area contributed by atoms with Gasteiger partial charge in [0.1, 0.15) is 11.3 Å². The molecule has 1 atom stereocenters. The van der Waals surface area contributed by atoms with E-state index in [0.29, 0.717) is 12.2 Å². The van der Waals surface area contributed by atoms with Gasteiger partial charge >= 0.3 is 5.97 Å². The van der Waals surface area contributed by atoms with Gasteiger partial charge in [-0.3, -0.25) is 0 Å². The van der Waals surface area contributed by atoms with Crippen LogP contribution in [0.1, 0.15) is 5.56 Å². The Hall–Kier alpha value is -1.97. The molecule has 0 spiro atoms. The minimum absolute atomic E-state index is 0.404. The fourth-order valence-corrected chi connectivity index (χ4v) is 1.83. The summed E-state index contributed by atoms with van der Waals surface area (Å²) in [4.78, 5) is 10.8. The van der Waals surface area contributed by atoms with Gasteiger partial charge in [0.25, 0.3) is 0 Å². The molecule has 76 valence electrons. The predicted octanol–water partition coefficient (Wildman–Crippen LogP) is 1.82. The summed E-state index contributed by atoms with van der Waals surface area (Å²) in [6.45, 7) is 0. The van der Waals surface area contributed by atoms with Crippen LogP contribution < -0.4 is 4.74 Å². The maximum Gasteiger partial charge on any atom is 0.345 e. The first kappa shape index (κ1) is 8.35. The van der Waals surface area contributed by atoms with E-state index >= 15 is 0 Å². The molecule has 0 fully saturated rings. The van der Waals surface area contributed by atoms with Crippen LogP contribution in [0.25, 0.3) is 11.0 Å². The molecule has 0 bridgehead atoms. The average Bonchev–Trinajstić information content (AvgIpc) is 2.77. The van der Waals surface area contributed by atoms with Crippen LogP contribution >= 0.6 is 0 Å². The monoisotopic (exact) mass is 204 g/mol. The molecule has 1 N–H and O–H groups in total. The second-order valence-electron chi connectivity index (χ2n) is 3.57. The van der Waals surface area contributed by atoms with Crippen molar-refractivity contribution in [3.8, 4) is 5.75 Å². The molecule has 4 heteroatoms. The first-order valence-corrected chi connectivity index (χ1v) is 4.63. The van der Waals surface area contributed by atoms with E-state index in [1.807, 2.05) is 18.2 Å². The fourth-order valence-electron chi connectivity index (χ4n) is 1.83. The lowest BCUT2D eigenvalue weighted by atomic mass is 10.1. The van der Waals surface area contributed by atoms with E-state index < -0.39 is 12.1 Å². The molecule has 3 rings (SSSR count). The van der Waals surface area contributed by atoms with Crippen LogP contribution in [0.15, 0.2) is 28.9 Å². The van der Waals surface area contributed by atoms with Gasteiger partial charge < -0.3 is 14.3 Å². The zero-order valence-electron chi connectivity index (χ0n) is 7.77. The molecule has 1 aliphatic rings. The standard InChI is InChI=1S/C11H8O4/c12-11(13)10-5-7-4-8-6(1-2-14-8)3-9(7)15-10/h1-4,10H,5H2,(H,12,13). The highest BCUT2D eigenvalue weighted by Gasteiger charge is 2.29. The van der Waals surface area contributed by atoms with Gasteiger partial charge in [0.2, 0.25) is 0 Å². The lowest BCUT2D eigenvalue weighted by Gasteiger charge is -2.03. The minimum atomic E-state index is -0.928. The molecule has 2 aromatic rings. The Labute approximate surface area is 85.1 Å². The summed E-state index contributed by atoms with van der Waals surface area (Å²) in [6.07, 6.45) is 1.25. The van der Waals surface area contributed by atoms with E-state index in [1.54, 1.807) is 6.26 Å². The maximum absolute atomic E-state index is 10.8. The highest BCUT2D eigenvalue weighted by molar-refractivity contribution is 5.82. The van der Waals surface area contributed by atoms with Crippen molar-refractivity contribution in [1.82, 2.24) is 0 Å². The van der Waals surface area contributed by atoms with Crippen molar-refractivity contribution in [2.24, 2.45) is 0 Å². The van der Waals surface area contributed by atoms with Crippen LogP contribution in [0.3, 0.4) is 0 Å². The van der Waals surface area contributed by atoms with Crippen molar-refractivity contribution in [2.45, 2.75) is 12.5 Å². The Morgan fingerprint density at radius 1 is 1.47 bits per heavy atom. The summed E-state index contributed by atoms with van der Waals surface area (Å²) in [6, 6.07) is 5.48. The fraction of sp³-hybridized carbons (Fsp3) is 0.182. The van der Waals surface area contributed by atoms with Gasteiger partial charge in [-0.15, -0.1) is 0 Å². The minimum Gasteiger partial charge on any atom is -0.478 e. The lowest BCUT2D eigenvalue weighted by molar-refractivity contribution is -0.144. The van der Waals surface area contributed by atoms with Crippen LogP contribution in [0.4, 0.5) is 0 Å². The molecule has 0 radical (unpaired) electrons. The molecule has 1 aromatic carbocycles. The molecule has 1 aliphatic heterocycles. The van der Waals surface area contributed by atoms with Crippen molar-refractivity contribution in [2.75, 3.05) is 0 Å². The smallest absolute Gasteiger partial charge is 0.345 e. The second-order valence-corrected chi connectivity index (χ2v) is 3.57. The lowest BCUT2D eigenvalue weighted by Crippen LogP contribution is -2.24. The van der Waals surface area contributed by atoms with Crippen molar-refractivity contribution < 1.29 is 19.1 Å². The van der Waals surface area contributed by atoms with Crippen molar-refractivity contribution in [3.63, 3.8) is 0 Å². The summed E-state index contributed by atoms with van der Waals surface area (Å²) in [7, 11) is 0. The third kappa shape index (κ3) is 1.18. The van der Waals surface area contributed by atoms with E-state index in [1.165, 1.54) is 0 Å². The van der Waals surface area contributed by atoms with Crippen molar-refractivity contribution in [1.29, 1.82) is 0 Å². The molecular weight excluding hydrogens is 196 g/mol. The number of hydrogen-bond donors (Lipinski definition) is 1. The number of aliphatic carboxylic acids is 1. The SMILES string of the molecule is O=C(O)C1Cc2cc3occc3cc2O1. The van der Waals surface area contributed by atoms with Gasteiger partial charge in [-0.1, -0.05) is 0 Å². The van der Waals surface area contributed by atoms with E-state index in [2.05, 4.69) is 0 Å². The Balaban J connectivity index is 2.09. The Morgan fingerprint density at radius 2 is 2.33 bits per heavy atom. The Bertz CT molecular complexity index is 501. The molecule has 0 saturated carbocycles. The summed E-state index contributed by atoms with van der Waals surface area (Å²) >= 11 is 0. The number of hydrogen-bond acceptors (Lipinski definition) is 3. The number of carboxylic acids is 1. The van der Waals surface area contributed by atoms with Gasteiger partial charge in [0.05, 0.1) is 6.26 Å². The average molecular weight is 204 g/mol. The number of carboxylic acid groups (broad SMARTS) is 1. The number of ether oxygens (including phenoxy) is 1. The molecule has 0 aliphatic carbocycles. The summed E-state index contributed by atoms with van der Waals surface area (Å²) < 4.78 is 10.5. The highest BCUT2D eigenvalue weighted by atomic mass is 16.5. The number of carbonyl (C=O) groups is 1. The van der Waals surface area contributed by atoms with Gasteiger partial charge in [0.15, 0.2) is 6.10 Å². The number of furan rings is 1. The molecule has 0 amide bonds. The predicted molar refractivity (Wildman–Crippen MR) is 52.0 cm³/mol. The number of fused-ring (bicyclic) bond motifs is 2. The van der Waals surface area contributed by atoms with Crippen LogP contribution in [0.5, 0.6) is 5.75 Å². The molecule has 1 aromatic heterocycles. The largest absolute Gasteiger partial charge is 0.478 e. The first-order valence-electron chi connectivity index (χ1n) is 4.63. The molecule has 15 heavy (non-hydrogen) atoms. The van der Waals surface area contributed by atoms with E-state index in [-0.39, 0.29) is 0 Å². The van der Waals surface area contributed by atoms with Crippen molar-refractivity contribution in [3.05, 3.63) is 30.0 Å². The zero-order valence-corrected chi connectivity index (χ0v) is 7.77. The van der Waals surface area contributed by atoms with Crippen LogP contribution in [-0.4, -0.2) is 17.2 Å². The van der Waals surface area contributed by atoms with Crippen LogP contribution in [0.2, 0.25) is 0 Å². The van der Waals surface area contributed by atoms with Crippen molar-refractivity contribution >= 4 is 16.9 Å². The topological polar surface area (TPSA) is 59.7 Å². The molecular formula is C11H8O4. The van der Waals surface area contributed by atoms with E-state index in [0.717, 1.165) is 16.5 Å².